The summed E-state index contributed by atoms with van der Waals surface area (Å²) in [5.74, 6) is -0.759. The zero-order valence-electron chi connectivity index (χ0n) is 20.7. The van der Waals surface area contributed by atoms with E-state index in [-0.39, 0.29) is 12.2 Å². The lowest BCUT2D eigenvalue weighted by Gasteiger charge is -2.26. The van der Waals surface area contributed by atoms with Gasteiger partial charge in [-0.2, -0.15) is 0 Å². The smallest absolute Gasteiger partial charge is 0.329 e. The van der Waals surface area contributed by atoms with E-state index in [4.69, 9.17) is 4.98 Å². The van der Waals surface area contributed by atoms with Crippen molar-refractivity contribution in [3.63, 3.8) is 0 Å². The van der Waals surface area contributed by atoms with Crippen LogP contribution in [0.3, 0.4) is 0 Å². The number of carbonyl (C=O) groups is 2. The first-order valence-corrected chi connectivity index (χ1v) is 12.6. The molecule has 1 atom stereocenters. The minimum atomic E-state index is -1.54. The molecule has 1 fully saturated rings. The summed E-state index contributed by atoms with van der Waals surface area (Å²) in [4.78, 5) is 34.8. The van der Waals surface area contributed by atoms with Crippen LogP contribution in [0.4, 0.5) is 0 Å². The van der Waals surface area contributed by atoms with Gasteiger partial charge in [-0.3, -0.25) is 9.78 Å². The van der Waals surface area contributed by atoms with E-state index in [0.717, 1.165) is 29.9 Å². The van der Waals surface area contributed by atoms with Gasteiger partial charge < -0.3 is 20.1 Å². The van der Waals surface area contributed by atoms with Gasteiger partial charge >= 0.3 is 5.97 Å². The number of carboxylic acid groups (broad SMARTS) is 1. The maximum absolute atomic E-state index is 13.3. The molecule has 37 heavy (non-hydrogen) atoms. The van der Waals surface area contributed by atoms with Gasteiger partial charge in [0.15, 0.2) is 5.82 Å². The molecule has 1 aliphatic carbocycles. The fraction of sp³-hybridized carbons (Fsp3) is 0.310. The highest BCUT2D eigenvalue weighted by Gasteiger charge is 2.35. The number of carboxylic acids is 1. The number of pyridine rings is 1. The van der Waals surface area contributed by atoms with Gasteiger partial charge in [0.2, 0.25) is 0 Å². The van der Waals surface area contributed by atoms with Gasteiger partial charge in [-0.25, -0.2) is 9.78 Å². The number of carbonyl (C=O) groups excluding carboxylic acids is 1. The highest BCUT2D eigenvalue weighted by Crippen LogP contribution is 2.35. The number of imidazole rings is 1. The molecule has 0 radical (unpaired) electrons. The first-order chi connectivity index (χ1) is 17.8. The quantitative estimate of drug-likeness (QED) is 0.325. The second-order valence-corrected chi connectivity index (χ2v) is 9.95. The molecule has 3 N–H and O–H groups in total. The maximum Gasteiger partial charge on any atom is 0.329 e. The zero-order chi connectivity index (χ0) is 26.0. The van der Waals surface area contributed by atoms with Crippen LogP contribution >= 0.6 is 0 Å². The molecule has 0 saturated heterocycles. The van der Waals surface area contributed by atoms with E-state index in [9.17, 15) is 19.8 Å². The van der Waals surface area contributed by atoms with E-state index in [0.29, 0.717) is 22.7 Å². The summed E-state index contributed by atoms with van der Waals surface area (Å²) < 4.78 is 2.25. The van der Waals surface area contributed by atoms with Crippen LogP contribution in [0.2, 0.25) is 0 Å². The number of rotatable bonds is 7. The van der Waals surface area contributed by atoms with Crippen molar-refractivity contribution < 1.29 is 19.8 Å². The molecule has 1 aliphatic rings. The fourth-order valence-electron chi connectivity index (χ4n) is 5.14. The molecular weight excluding hydrogens is 468 g/mol. The van der Waals surface area contributed by atoms with E-state index >= 15 is 0 Å². The van der Waals surface area contributed by atoms with Crippen molar-refractivity contribution in [2.45, 2.75) is 57.0 Å². The van der Waals surface area contributed by atoms with Crippen LogP contribution in [0.5, 0.6) is 5.75 Å². The van der Waals surface area contributed by atoms with E-state index in [1.54, 1.807) is 30.5 Å². The standard InChI is InChI=1S/C29H30N4O4/c1-29(28(36)37,18-19-10-13-22(34)14-11-19)32-27(35)20-12-15-25-24(17-20)31-26(23-9-5-6-16-30-23)33(25)21-7-3-2-4-8-21/h5-6,9-17,21,34H,2-4,7-8,18H2,1H3,(H,32,35)(H,36,37). The number of aliphatic carboxylic acids is 1. The number of hydrogen-bond donors (Lipinski definition) is 3. The highest BCUT2D eigenvalue weighted by atomic mass is 16.4. The van der Waals surface area contributed by atoms with Crippen LogP contribution in [0.1, 0.15) is 61.0 Å². The number of phenolic OH excluding ortho intramolecular Hbond substituents is 1. The van der Waals surface area contributed by atoms with Crippen molar-refractivity contribution >= 4 is 22.9 Å². The van der Waals surface area contributed by atoms with Crippen LogP contribution in [0.25, 0.3) is 22.6 Å². The third kappa shape index (κ3) is 5.05. The van der Waals surface area contributed by atoms with Crippen LogP contribution < -0.4 is 5.32 Å². The van der Waals surface area contributed by atoms with E-state index < -0.39 is 17.4 Å². The number of nitrogens with one attached hydrogen (secondary N) is 1. The summed E-state index contributed by atoms with van der Waals surface area (Å²) in [6.07, 6.45) is 7.53. The summed E-state index contributed by atoms with van der Waals surface area (Å²) in [7, 11) is 0. The number of benzene rings is 2. The molecule has 5 rings (SSSR count). The van der Waals surface area contributed by atoms with Crippen molar-refractivity contribution in [3.05, 3.63) is 78.0 Å². The molecular formula is C29H30N4O4. The normalized spacial score (nSPS) is 15.8. The summed E-state index contributed by atoms with van der Waals surface area (Å²) in [6, 6.07) is 17.7. The van der Waals surface area contributed by atoms with Gasteiger partial charge in [0.1, 0.15) is 17.0 Å². The first kappa shape index (κ1) is 24.5. The topological polar surface area (TPSA) is 117 Å². The van der Waals surface area contributed by atoms with Crippen molar-refractivity contribution in [1.29, 1.82) is 0 Å². The van der Waals surface area contributed by atoms with Crippen LogP contribution in [0, 0.1) is 0 Å². The van der Waals surface area contributed by atoms with E-state index in [1.165, 1.54) is 38.3 Å². The zero-order valence-corrected chi connectivity index (χ0v) is 20.7. The number of aromatic hydroxyl groups is 1. The van der Waals surface area contributed by atoms with E-state index in [1.807, 2.05) is 24.3 Å². The number of fused-ring (bicyclic) bond motifs is 1. The largest absolute Gasteiger partial charge is 0.508 e. The molecule has 8 nitrogen and oxygen atoms in total. The fourth-order valence-corrected chi connectivity index (χ4v) is 5.14. The predicted molar refractivity (Wildman–Crippen MR) is 140 cm³/mol. The molecule has 0 spiro atoms. The Morgan fingerprint density at radius 1 is 1.05 bits per heavy atom. The lowest BCUT2D eigenvalue weighted by Crippen LogP contribution is -2.53. The third-order valence-corrected chi connectivity index (χ3v) is 7.14. The van der Waals surface area contributed by atoms with Gasteiger partial charge in [-0.1, -0.05) is 37.5 Å². The molecule has 2 heterocycles. The Hall–Kier alpha value is -4.20. The molecule has 0 aliphatic heterocycles. The van der Waals surface area contributed by atoms with Gasteiger partial charge in [0, 0.05) is 24.2 Å². The van der Waals surface area contributed by atoms with Gasteiger partial charge in [-0.15, -0.1) is 0 Å². The average Bonchev–Trinajstić information content (AvgIpc) is 3.30. The Morgan fingerprint density at radius 3 is 2.49 bits per heavy atom. The third-order valence-electron chi connectivity index (χ3n) is 7.14. The molecule has 4 aromatic rings. The molecule has 1 unspecified atom stereocenters. The van der Waals surface area contributed by atoms with Crippen molar-refractivity contribution in [2.75, 3.05) is 0 Å². The Kier molecular flexibility index (Phi) is 6.65. The lowest BCUT2D eigenvalue weighted by atomic mass is 9.92. The number of amides is 1. The summed E-state index contributed by atoms with van der Waals surface area (Å²) in [6.45, 7) is 1.48. The lowest BCUT2D eigenvalue weighted by molar-refractivity contribution is -0.143. The molecule has 0 bridgehead atoms. The van der Waals surface area contributed by atoms with Crippen LogP contribution in [0.15, 0.2) is 66.9 Å². The van der Waals surface area contributed by atoms with Crippen molar-refractivity contribution in [1.82, 2.24) is 19.9 Å². The number of phenols is 1. The minimum absolute atomic E-state index is 0.0662. The maximum atomic E-state index is 13.3. The second kappa shape index (κ2) is 10.0. The van der Waals surface area contributed by atoms with Crippen LogP contribution in [-0.2, 0) is 11.2 Å². The summed E-state index contributed by atoms with van der Waals surface area (Å²) >= 11 is 0. The Labute approximate surface area is 215 Å². The Balaban J connectivity index is 1.48. The van der Waals surface area contributed by atoms with Crippen molar-refractivity contribution in [2.24, 2.45) is 0 Å². The van der Waals surface area contributed by atoms with Gasteiger partial charge in [0.05, 0.1) is 11.0 Å². The number of nitrogens with zero attached hydrogens (tertiary/aromatic N) is 3. The average molecular weight is 499 g/mol. The Bertz CT molecular complexity index is 1430. The predicted octanol–water partition coefficient (Wildman–Crippen LogP) is 5.12. The first-order valence-electron chi connectivity index (χ1n) is 12.6. The van der Waals surface area contributed by atoms with Crippen molar-refractivity contribution in [3.8, 4) is 17.3 Å². The van der Waals surface area contributed by atoms with Crippen LogP contribution in [-0.4, -0.2) is 42.2 Å². The SMILES string of the molecule is CC(Cc1ccc(O)cc1)(NC(=O)c1ccc2c(c1)nc(-c1ccccn1)n2C1CCCCC1)C(=O)O. The summed E-state index contributed by atoms with van der Waals surface area (Å²) in [5, 5.41) is 22.2. The molecule has 2 aromatic carbocycles. The minimum Gasteiger partial charge on any atom is -0.508 e. The Morgan fingerprint density at radius 2 is 1.81 bits per heavy atom. The summed E-state index contributed by atoms with van der Waals surface area (Å²) in [5.41, 5.74) is 1.88. The van der Waals surface area contributed by atoms with E-state index in [2.05, 4.69) is 14.9 Å². The van der Waals surface area contributed by atoms with Gasteiger partial charge in [-0.05, 0) is 67.8 Å². The van der Waals surface area contributed by atoms with Gasteiger partial charge in [0.25, 0.3) is 5.91 Å². The molecule has 2 aromatic heterocycles. The second-order valence-electron chi connectivity index (χ2n) is 9.95. The molecule has 1 saturated carbocycles. The highest BCUT2D eigenvalue weighted by molar-refractivity contribution is 6.00. The molecule has 190 valence electrons. The monoisotopic (exact) mass is 498 g/mol. The number of hydrogen-bond acceptors (Lipinski definition) is 5. The number of aromatic nitrogens is 3. The molecule has 1 amide bonds. The molecule has 8 heteroatoms.